The lowest BCUT2D eigenvalue weighted by Crippen LogP contribution is -2.27. The first-order valence-corrected chi connectivity index (χ1v) is 12.1. The number of fused-ring (bicyclic) bond motifs is 7. The number of hydrogen-bond donors (Lipinski definition) is 0. The Morgan fingerprint density at radius 2 is 1.39 bits per heavy atom. The summed E-state index contributed by atoms with van der Waals surface area (Å²) >= 11 is 4.80. The van der Waals surface area contributed by atoms with Crippen molar-refractivity contribution in [2.75, 3.05) is 0 Å². The molecule has 0 radical (unpaired) electrons. The zero-order chi connectivity index (χ0) is 21.6. The van der Waals surface area contributed by atoms with Gasteiger partial charge in [0.1, 0.15) is 34.3 Å². The van der Waals surface area contributed by atoms with Gasteiger partial charge in [-0.3, -0.25) is 0 Å². The smallest absolute Gasteiger partial charge is 0.216 e. The number of nitriles is 4. The van der Waals surface area contributed by atoms with E-state index < -0.39 is 0 Å². The van der Waals surface area contributed by atoms with Gasteiger partial charge in [-0.2, -0.15) is 21.0 Å². The van der Waals surface area contributed by atoms with Gasteiger partial charge in [0.05, 0.1) is 14.5 Å². The Balaban J connectivity index is 1.71. The molecule has 1 fully saturated rings. The molecule has 3 aromatic rings. The van der Waals surface area contributed by atoms with E-state index >= 15 is 0 Å². The molecule has 1 spiro atoms. The lowest BCUT2D eigenvalue weighted by atomic mass is 9.68. The van der Waals surface area contributed by atoms with Crippen LogP contribution in [0.5, 0.6) is 0 Å². The molecule has 3 aromatic heterocycles. The van der Waals surface area contributed by atoms with Crippen LogP contribution in [0.1, 0.15) is 43.2 Å². The zero-order valence-corrected chi connectivity index (χ0v) is 18.5. The van der Waals surface area contributed by atoms with E-state index in [1.807, 2.05) is 30.3 Å². The quantitative estimate of drug-likeness (QED) is 0.409. The van der Waals surface area contributed by atoms with Crippen LogP contribution in [-0.2, 0) is 5.41 Å². The Kier molecular flexibility index (Phi) is 4.69. The van der Waals surface area contributed by atoms with Gasteiger partial charge in [-0.1, -0.05) is 19.3 Å². The third-order valence-corrected chi connectivity index (χ3v) is 9.35. The van der Waals surface area contributed by atoms with Gasteiger partial charge in [-0.05, 0) is 30.5 Å². The monoisotopic (exact) mass is 456 g/mol. The van der Waals surface area contributed by atoms with Gasteiger partial charge in [0, 0.05) is 15.7 Å². The van der Waals surface area contributed by atoms with E-state index in [0.29, 0.717) is 10.0 Å². The summed E-state index contributed by atoms with van der Waals surface area (Å²) in [6.07, 6.45) is 5.63. The van der Waals surface area contributed by atoms with Crippen molar-refractivity contribution in [1.82, 2.24) is 0 Å². The van der Waals surface area contributed by atoms with Crippen molar-refractivity contribution in [3.63, 3.8) is 0 Å². The Morgan fingerprint density at radius 1 is 0.774 bits per heavy atom. The van der Waals surface area contributed by atoms with E-state index in [-0.39, 0.29) is 16.8 Å². The first kappa shape index (κ1) is 19.6. The maximum absolute atomic E-state index is 9.08. The van der Waals surface area contributed by atoms with Crippen molar-refractivity contribution in [1.29, 1.82) is 21.0 Å². The minimum atomic E-state index is -0.134. The predicted octanol–water partition coefficient (Wildman–Crippen LogP) is 6.49. The molecule has 3 heterocycles. The third-order valence-electron chi connectivity index (χ3n) is 5.85. The highest BCUT2D eigenvalue weighted by Crippen LogP contribution is 2.64. The Morgan fingerprint density at radius 3 is 2.00 bits per heavy atom. The average Bonchev–Trinajstić information content (AvgIpc) is 3.51. The molecule has 6 nitrogen and oxygen atoms in total. The molecule has 148 valence electrons. The minimum absolute atomic E-state index is 0.0794. The molecule has 2 aliphatic rings. The molecular formula is C22H12N6S3. The van der Waals surface area contributed by atoms with Gasteiger partial charge in [0.15, 0.2) is 0 Å². The molecule has 0 N–H and O–H groups in total. The number of hydrogen-bond acceptors (Lipinski definition) is 9. The van der Waals surface area contributed by atoms with Gasteiger partial charge < -0.3 is 0 Å². The molecule has 0 bridgehead atoms. The van der Waals surface area contributed by atoms with Crippen molar-refractivity contribution in [2.45, 2.75) is 37.5 Å². The summed E-state index contributed by atoms with van der Waals surface area (Å²) in [5.41, 5.74) is 2.28. The van der Waals surface area contributed by atoms with E-state index in [2.05, 4.69) is 16.1 Å². The molecule has 0 amide bonds. The van der Waals surface area contributed by atoms with Crippen LogP contribution in [0.4, 0.5) is 10.0 Å². The summed E-state index contributed by atoms with van der Waals surface area (Å²) in [5, 5.41) is 37.6. The van der Waals surface area contributed by atoms with E-state index in [0.717, 1.165) is 30.4 Å². The second kappa shape index (κ2) is 7.41. The molecule has 0 aliphatic heterocycles. The normalized spacial score (nSPS) is 15.2. The number of nitrogens with zero attached hydrogens (tertiary/aromatic N) is 6. The van der Waals surface area contributed by atoms with Crippen molar-refractivity contribution < 1.29 is 0 Å². The molecular weight excluding hydrogens is 444 g/mol. The van der Waals surface area contributed by atoms with Gasteiger partial charge in [-0.25, -0.2) is 9.98 Å². The first-order chi connectivity index (χ1) is 15.1. The fraction of sp³-hybridized carbons (Fsp3) is 0.273. The maximum Gasteiger partial charge on any atom is 0.219 e. The van der Waals surface area contributed by atoms with E-state index in [4.69, 9.17) is 21.0 Å². The molecule has 9 heteroatoms. The van der Waals surface area contributed by atoms with Crippen LogP contribution in [0.2, 0.25) is 0 Å². The molecule has 0 saturated heterocycles. The van der Waals surface area contributed by atoms with E-state index in [1.54, 1.807) is 34.0 Å². The topological polar surface area (TPSA) is 120 Å². The SMILES string of the molecule is N#CC(C#N)=Nc1cc2c(s1)-c1sc3cc(N=C(C#N)C#N)sc3c1C21CCCCC1. The zero-order valence-electron chi connectivity index (χ0n) is 16.1. The van der Waals surface area contributed by atoms with Crippen LogP contribution in [-0.4, -0.2) is 11.4 Å². The molecule has 1 saturated carbocycles. The molecule has 31 heavy (non-hydrogen) atoms. The van der Waals surface area contributed by atoms with Crippen molar-refractivity contribution >= 4 is 64.8 Å². The van der Waals surface area contributed by atoms with Crippen molar-refractivity contribution in [2.24, 2.45) is 9.98 Å². The van der Waals surface area contributed by atoms with Gasteiger partial charge in [0.2, 0.25) is 11.4 Å². The largest absolute Gasteiger partial charge is 0.219 e. The van der Waals surface area contributed by atoms with Gasteiger partial charge in [-0.15, -0.1) is 34.0 Å². The second-order valence-electron chi connectivity index (χ2n) is 7.42. The molecule has 0 unspecified atom stereocenters. The number of thiophene rings is 3. The summed E-state index contributed by atoms with van der Waals surface area (Å²) in [7, 11) is 0. The first-order valence-electron chi connectivity index (χ1n) is 9.63. The highest BCUT2D eigenvalue weighted by Gasteiger charge is 2.48. The van der Waals surface area contributed by atoms with Crippen molar-refractivity contribution in [3.05, 3.63) is 23.3 Å². The number of rotatable bonds is 2. The highest BCUT2D eigenvalue weighted by molar-refractivity contribution is 7.33. The Labute approximate surface area is 190 Å². The summed E-state index contributed by atoms with van der Waals surface area (Å²) in [6.45, 7) is 0. The lowest BCUT2D eigenvalue weighted by molar-refractivity contribution is 0.356. The molecule has 5 rings (SSSR count). The standard InChI is InChI=1S/C22H12N6S3/c23-8-12(9-24)27-16-6-14-19(30-16)21-18(22(14)4-2-1-3-5-22)20-15(29-21)7-17(31-20)28-13(10-25)11-26/h6-7H,1-5H2. The van der Waals surface area contributed by atoms with Crippen LogP contribution in [0.3, 0.4) is 0 Å². The van der Waals surface area contributed by atoms with Crippen LogP contribution in [0.15, 0.2) is 22.1 Å². The molecule has 2 aliphatic carbocycles. The van der Waals surface area contributed by atoms with Crippen LogP contribution in [0.25, 0.3) is 19.2 Å². The summed E-state index contributed by atoms with van der Waals surface area (Å²) in [5.74, 6) is 0. The van der Waals surface area contributed by atoms with Gasteiger partial charge >= 0.3 is 0 Å². The average molecular weight is 457 g/mol. The predicted molar refractivity (Wildman–Crippen MR) is 124 cm³/mol. The summed E-state index contributed by atoms with van der Waals surface area (Å²) in [4.78, 5) is 10.9. The fourth-order valence-electron chi connectivity index (χ4n) is 4.66. The third kappa shape index (κ3) is 2.91. The van der Waals surface area contributed by atoms with Gasteiger partial charge in [0.25, 0.3) is 0 Å². The minimum Gasteiger partial charge on any atom is -0.216 e. The van der Waals surface area contributed by atoms with Crippen LogP contribution >= 0.6 is 34.0 Å². The highest BCUT2D eigenvalue weighted by atomic mass is 32.1. The van der Waals surface area contributed by atoms with Crippen molar-refractivity contribution in [3.8, 4) is 34.0 Å². The lowest BCUT2D eigenvalue weighted by Gasteiger charge is -2.34. The van der Waals surface area contributed by atoms with E-state index in [1.165, 1.54) is 32.0 Å². The summed E-state index contributed by atoms with van der Waals surface area (Å²) < 4.78 is 2.31. The molecule has 0 aromatic carbocycles. The second-order valence-corrected chi connectivity index (χ2v) is 10.5. The maximum atomic E-state index is 9.08. The van der Waals surface area contributed by atoms with Crippen LogP contribution < -0.4 is 0 Å². The fourth-order valence-corrected chi connectivity index (χ4v) is 8.65. The van der Waals surface area contributed by atoms with Crippen LogP contribution in [0, 0.1) is 45.3 Å². The Bertz CT molecular complexity index is 1430. The van der Waals surface area contributed by atoms with E-state index in [9.17, 15) is 0 Å². The Hall–Kier alpha value is -3.34. The number of aliphatic imine (C=N–C) groups is 2. The summed E-state index contributed by atoms with van der Waals surface area (Å²) in [6, 6.07) is 11.4. The molecule has 0 atom stereocenters.